The number of aromatic nitrogens is 2. The number of amides is 3. The van der Waals surface area contributed by atoms with E-state index in [0.717, 1.165) is 11.4 Å². The minimum atomic E-state index is -0.272. The van der Waals surface area contributed by atoms with Crippen molar-refractivity contribution in [3.63, 3.8) is 0 Å². The van der Waals surface area contributed by atoms with Gasteiger partial charge in [0.15, 0.2) is 11.5 Å². The molecule has 9 heteroatoms. The van der Waals surface area contributed by atoms with E-state index < -0.39 is 0 Å². The number of para-hydroxylation sites is 1. The zero-order chi connectivity index (χ0) is 24.2. The van der Waals surface area contributed by atoms with Gasteiger partial charge < -0.3 is 20.0 Å². The van der Waals surface area contributed by atoms with Gasteiger partial charge in [0.05, 0.1) is 12.0 Å². The van der Waals surface area contributed by atoms with E-state index in [1.807, 2.05) is 48.5 Å². The van der Waals surface area contributed by atoms with E-state index in [1.165, 1.54) is 0 Å². The second-order valence-corrected chi connectivity index (χ2v) is 8.75. The molecular weight excluding hydrogens is 466 g/mol. The van der Waals surface area contributed by atoms with Crippen molar-refractivity contribution in [1.29, 1.82) is 0 Å². The van der Waals surface area contributed by atoms with E-state index in [1.54, 1.807) is 40.1 Å². The number of piperidine rings is 1. The van der Waals surface area contributed by atoms with E-state index in [4.69, 9.17) is 16.0 Å². The van der Waals surface area contributed by atoms with E-state index in [-0.39, 0.29) is 23.7 Å². The van der Waals surface area contributed by atoms with Crippen LogP contribution in [-0.2, 0) is 0 Å². The summed E-state index contributed by atoms with van der Waals surface area (Å²) in [6.45, 7) is 1.11. The third-order valence-corrected chi connectivity index (χ3v) is 6.15. The number of nitrogens with one attached hydrogen (secondary N) is 2. The van der Waals surface area contributed by atoms with Crippen LogP contribution in [-0.4, -0.2) is 45.8 Å². The van der Waals surface area contributed by atoms with E-state index in [0.29, 0.717) is 42.4 Å². The molecule has 178 valence electrons. The summed E-state index contributed by atoms with van der Waals surface area (Å²) in [5, 5.41) is 11.1. The Labute approximate surface area is 207 Å². The minimum Gasteiger partial charge on any atom is -0.463 e. The molecule has 4 aromatic rings. The number of benzene rings is 2. The van der Waals surface area contributed by atoms with Crippen molar-refractivity contribution in [2.45, 2.75) is 18.9 Å². The SMILES string of the molecule is O=C(NC1CCN(C(=O)Nc2ccccc2)CC1)c1cc(-c2ccco2)n(-c2cccc(Cl)c2)n1. The van der Waals surface area contributed by atoms with Crippen molar-refractivity contribution in [2.75, 3.05) is 18.4 Å². The zero-order valence-corrected chi connectivity index (χ0v) is 19.6. The summed E-state index contributed by atoms with van der Waals surface area (Å²) < 4.78 is 7.21. The standard InChI is InChI=1S/C26H24ClN5O3/c27-18-6-4-9-21(16-18)32-23(24-10-5-15-35-24)17-22(30-32)25(33)28-20-11-13-31(14-12-20)26(34)29-19-7-2-1-3-8-19/h1-10,15-17,20H,11-14H2,(H,28,33)(H,29,34). The van der Waals surface area contributed by atoms with E-state index in [2.05, 4.69) is 15.7 Å². The van der Waals surface area contributed by atoms with Gasteiger partial charge in [0.25, 0.3) is 5.91 Å². The van der Waals surface area contributed by atoms with Gasteiger partial charge in [-0.3, -0.25) is 4.79 Å². The molecule has 0 unspecified atom stereocenters. The number of hydrogen-bond donors (Lipinski definition) is 2. The molecule has 5 rings (SSSR count). The van der Waals surface area contributed by atoms with Gasteiger partial charge in [-0.2, -0.15) is 5.10 Å². The number of nitrogens with zero attached hydrogens (tertiary/aromatic N) is 3. The summed E-state index contributed by atoms with van der Waals surface area (Å²) in [4.78, 5) is 27.4. The topological polar surface area (TPSA) is 92.4 Å². The van der Waals surface area contributed by atoms with Gasteiger partial charge in [-0.05, 0) is 55.3 Å². The third kappa shape index (κ3) is 5.22. The number of carbonyl (C=O) groups excluding carboxylic acids is 2. The van der Waals surface area contributed by atoms with Crippen molar-refractivity contribution in [3.8, 4) is 17.1 Å². The van der Waals surface area contributed by atoms with Gasteiger partial charge in [-0.25, -0.2) is 9.48 Å². The second-order valence-electron chi connectivity index (χ2n) is 8.31. The molecule has 0 aliphatic carbocycles. The first-order valence-corrected chi connectivity index (χ1v) is 11.8. The molecule has 1 fully saturated rings. The molecule has 1 aliphatic rings. The van der Waals surface area contributed by atoms with Crippen LogP contribution in [0.4, 0.5) is 10.5 Å². The number of likely N-dealkylation sites (tertiary alicyclic amines) is 1. The monoisotopic (exact) mass is 489 g/mol. The Morgan fingerprint density at radius 3 is 2.49 bits per heavy atom. The van der Waals surface area contributed by atoms with Crippen LogP contribution in [0.5, 0.6) is 0 Å². The lowest BCUT2D eigenvalue weighted by molar-refractivity contribution is 0.0913. The zero-order valence-electron chi connectivity index (χ0n) is 18.9. The number of furan rings is 1. The van der Waals surface area contributed by atoms with Crippen molar-refractivity contribution < 1.29 is 14.0 Å². The lowest BCUT2D eigenvalue weighted by Crippen LogP contribution is -2.47. The van der Waals surface area contributed by atoms with Crippen LogP contribution in [0.3, 0.4) is 0 Å². The van der Waals surface area contributed by atoms with Crippen molar-refractivity contribution in [1.82, 2.24) is 20.0 Å². The number of anilines is 1. The van der Waals surface area contributed by atoms with Crippen LogP contribution in [0.2, 0.25) is 5.02 Å². The number of hydrogen-bond acceptors (Lipinski definition) is 4. The largest absolute Gasteiger partial charge is 0.463 e. The first-order valence-electron chi connectivity index (χ1n) is 11.4. The highest BCUT2D eigenvalue weighted by molar-refractivity contribution is 6.30. The fourth-order valence-corrected chi connectivity index (χ4v) is 4.29. The van der Waals surface area contributed by atoms with Crippen LogP contribution in [0.15, 0.2) is 83.5 Å². The maximum atomic E-state index is 13.1. The molecule has 0 spiro atoms. The van der Waals surface area contributed by atoms with Crippen molar-refractivity contribution >= 4 is 29.2 Å². The summed E-state index contributed by atoms with van der Waals surface area (Å²) >= 11 is 6.17. The first-order chi connectivity index (χ1) is 17.1. The van der Waals surface area contributed by atoms with E-state index in [9.17, 15) is 9.59 Å². The van der Waals surface area contributed by atoms with Gasteiger partial charge in [0.1, 0.15) is 5.69 Å². The number of rotatable bonds is 5. The quantitative estimate of drug-likeness (QED) is 0.402. The first kappa shape index (κ1) is 22.7. The van der Waals surface area contributed by atoms with Crippen molar-refractivity contribution in [2.24, 2.45) is 0 Å². The predicted molar refractivity (Wildman–Crippen MR) is 134 cm³/mol. The maximum absolute atomic E-state index is 13.1. The Balaban J connectivity index is 1.25. The highest BCUT2D eigenvalue weighted by Gasteiger charge is 2.26. The highest BCUT2D eigenvalue weighted by Crippen LogP contribution is 2.26. The molecule has 0 bridgehead atoms. The van der Waals surface area contributed by atoms with Crippen molar-refractivity contribution in [3.05, 3.63) is 89.8 Å². The summed E-state index contributed by atoms with van der Waals surface area (Å²) in [6, 6.07) is 21.7. The predicted octanol–water partition coefficient (Wildman–Crippen LogP) is 5.21. The molecule has 0 saturated carbocycles. The van der Waals surface area contributed by atoms with Gasteiger partial charge in [-0.1, -0.05) is 35.9 Å². The average molecular weight is 490 g/mol. The lowest BCUT2D eigenvalue weighted by Gasteiger charge is -2.32. The van der Waals surface area contributed by atoms with Crippen LogP contribution >= 0.6 is 11.6 Å². The fraction of sp³-hybridized carbons (Fsp3) is 0.192. The van der Waals surface area contributed by atoms with Crippen LogP contribution in [0.25, 0.3) is 17.1 Å². The molecule has 2 aromatic carbocycles. The molecule has 1 saturated heterocycles. The molecule has 0 radical (unpaired) electrons. The maximum Gasteiger partial charge on any atom is 0.321 e. The Morgan fingerprint density at radius 2 is 1.77 bits per heavy atom. The van der Waals surface area contributed by atoms with Gasteiger partial charge in [0.2, 0.25) is 0 Å². The average Bonchev–Trinajstić information content (AvgIpc) is 3.55. The Morgan fingerprint density at radius 1 is 0.971 bits per heavy atom. The molecular formula is C26H24ClN5O3. The van der Waals surface area contributed by atoms with Crippen LogP contribution in [0.1, 0.15) is 23.3 Å². The molecule has 3 amide bonds. The Bertz CT molecular complexity index is 1310. The highest BCUT2D eigenvalue weighted by atomic mass is 35.5. The summed E-state index contributed by atoms with van der Waals surface area (Å²) in [5.41, 5.74) is 2.41. The van der Waals surface area contributed by atoms with Gasteiger partial charge in [0, 0.05) is 35.9 Å². The second kappa shape index (κ2) is 10.1. The number of urea groups is 1. The number of halogens is 1. The van der Waals surface area contributed by atoms with Gasteiger partial charge >= 0.3 is 6.03 Å². The normalized spacial score (nSPS) is 14.0. The van der Waals surface area contributed by atoms with Gasteiger partial charge in [-0.15, -0.1) is 0 Å². The molecule has 2 N–H and O–H groups in total. The summed E-state index contributed by atoms with van der Waals surface area (Å²) in [7, 11) is 0. The molecule has 8 nitrogen and oxygen atoms in total. The fourth-order valence-electron chi connectivity index (χ4n) is 4.11. The van der Waals surface area contributed by atoms with Crippen LogP contribution in [0, 0.1) is 0 Å². The van der Waals surface area contributed by atoms with Crippen LogP contribution < -0.4 is 10.6 Å². The molecule has 2 aromatic heterocycles. The summed E-state index contributed by atoms with van der Waals surface area (Å²) in [5.74, 6) is 0.319. The molecule has 0 atom stereocenters. The lowest BCUT2D eigenvalue weighted by atomic mass is 10.1. The smallest absolute Gasteiger partial charge is 0.321 e. The third-order valence-electron chi connectivity index (χ3n) is 5.91. The summed E-state index contributed by atoms with van der Waals surface area (Å²) in [6.07, 6.45) is 2.90. The molecule has 3 heterocycles. The molecule has 35 heavy (non-hydrogen) atoms. The number of carbonyl (C=O) groups is 2. The molecule has 1 aliphatic heterocycles. The Hall–Kier alpha value is -4.04. The minimum absolute atomic E-state index is 0.0494. The Kier molecular flexibility index (Phi) is 6.54. The van der Waals surface area contributed by atoms with E-state index >= 15 is 0 Å².